The van der Waals surface area contributed by atoms with E-state index >= 15 is 0 Å². The fourth-order valence-corrected chi connectivity index (χ4v) is 4.85. The van der Waals surface area contributed by atoms with Crippen LogP contribution < -0.4 is 10.0 Å². The quantitative estimate of drug-likeness (QED) is 0.661. The van der Waals surface area contributed by atoms with Gasteiger partial charge in [0.05, 0.1) is 5.52 Å². The maximum Gasteiger partial charge on any atom is 0.250 e. The molecule has 0 saturated heterocycles. The van der Waals surface area contributed by atoms with Gasteiger partial charge in [0, 0.05) is 35.2 Å². The van der Waals surface area contributed by atoms with E-state index in [0.29, 0.717) is 17.3 Å². The summed E-state index contributed by atoms with van der Waals surface area (Å²) in [4.78, 5) is 5.38. The fourth-order valence-electron chi connectivity index (χ4n) is 2.49. The highest BCUT2D eigenvalue weighted by molar-refractivity contribution is 7.91. The molecule has 0 radical (unpaired) electrons. The molecule has 0 fully saturated rings. The number of aromatic nitrogens is 1. The molecule has 3 rings (SSSR count). The molecule has 24 heavy (non-hydrogen) atoms. The van der Waals surface area contributed by atoms with Gasteiger partial charge in [-0.05, 0) is 37.6 Å². The number of para-hydroxylation sites is 1. The minimum atomic E-state index is -3.43. The Hall–Kier alpha value is -1.96. The zero-order valence-corrected chi connectivity index (χ0v) is 15.2. The van der Waals surface area contributed by atoms with E-state index in [0.717, 1.165) is 27.0 Å². The molecule has 2 heterocycles. The van der Waals surface area contributed by atoms with Gasteiger partial charge < -0.3 is 5.32 Å². The number of fused-ring (bicyclic) bond motifs is 1. The number of pyridine rings is 1. The molecule has 0 amide bonds. The summed E-state index contributed by atoms with van der Waals surface area (Å²) in [5.74, 6) is 0. The van der Waals surface area contributed by atoms with Crippen LogP contribution in [0.15, 0.2) is 46.8 Å². The van der Waals surface area contributed by atoms with Gasteiger partial charge >= 0.3 is 0 Å². The van der Waals surface area contributed by atoms with E-state index in [-0.39, 0.29) is 0 Å². The number of thiophene rings is 1. The van der Waals surface area contributed by atoms with E-state index in [4.69, 9.17) is 0 Å². The minimum absolute atomic E-state index is 0.314. The number of anilines is 1. The van der Waals surface area contributed by atoms with Crippen LogP contribution in [0.1, 0.15) is 10.4 Å². The molecule has 0 aliphatic carbocycles. The second-order valence-corrected chi connectivity index (χ2v) is 8.80. The van der Waals surface area contributed by atoms with Gasteiger partial charge in [-0.15, -0.1) is 11.3 Å². The number of benzene rings is 1. The van der Waals surface area contributed by atoms with Crippen LogP contribution in [0.4, 0.5) is 5.69 Å². The second kappa shape index (κ2) is 6.88. The van der Waals surface area contributed by atoms with Crippen LogP contribution in [-0.2, 0) is 10.0 Å². The molecule has 0 atom stereocenters. The Bertz CT molecular complexity index is 965. The Balaban J connectivity index is 1.64. The summed E-state index contributed by atoms with van der Waals surface area (Å²) < 4.78 is 27.3. The highest BCUT2D eigenvalue weighted by Crippen LogP contribution is 2.23. The molecule has 5 nitrogen and oxygen atoms in total. The van der Waals surface area contributed by atoms with Gasteiger partial charge in [-0.25, -0.2) is 13.1 Å². The van der Waals surface area contributed by atoms with Crippen molar-refractivity contribution in [2.24, 2.45) is 0 Å². The second-order valence-electron chi connectivity index (χ2n) is 5.52. The number of rotatable bonds is 6. The maximum atomic E-state index is 12.2. The molecule has 3 aromatic rings. The molecule has 0 aliphatic rings. The first-order valence-corrected chi connectivity index (χ1v) is 9.92. The third-order valence-electron chi connectivity index (χ3n) is 3.69. The minimum Gasteiger partial charge on any atom is -0.383 e. The molecule has 0 aliphatic heterocycles. The van der Waals surface area contributed by atoms with Crippen molar-refractivity contribution in [1.82, 2.24) is 9.71 Å². The molecule has 0 unspecified atom stereocenters. The summed E-state index contributed by atoms with van der Waals surface area (Å²) in [6.45, 7) is 4.73. The summed E-state index contributed by atoms with van der Waals surface area (Å²) in [6, 6.07) is 11.4. The van der Waals surface area contributed by atoms with Gasteiger partial charge in [-0.1, -0.05) is 18.2 Å². The Morgan fingerprint density at radius 2 is 1.92 bits per heavy atom. The summed E-state index contributed by atoms with van der Waals surface area (Å²) in [5, 5.41) is 4.32. The predicted octanol–water partition coefficient (Wildman–Crippen LogP) is 3.30. The molecular formula is C17H19N3O2S2. The van der Waals surface area contributed by atoms with E-state index in [1.54, 1.807) is 12.3 Å². The molecule has 126 valence electrons. The Morgan fingerprint density at radius 1 is 1.08 bits per heavy atom. The highest BCUT2D eigenvalue weighted by Gasteiger charge is 2.15. The molecule has 2 aromatic heterocycles. The van der Waals surface area contributed by atoms with E-state index < -0.39 is 10.0 Å². The van der Waals surface area contributed by atoms with Gasteiger partial charge in [0.1, 0.15) is 4.21 Å². The topological polar surface area (TPSA) is 71.1 Å². The van der Waals surface area contributed by atoms with Crippen molar-refractivity contribution in [3.8, 4) is 0 Å². The van der Waals surface area contributed by atoms with Crippen LogP contribution in [0.25, 0.3) is 10.9 Å². The SMILES string of the molecule is Cc1ccc(S(=O)(=O)NCCNc2ccnc3c(C)cccc23)s1. The van der Waals surface area contributed by atoms with Crippen molar-refractivity contribution in [2.45, 2.75) is 18.1 Å². The third kappa shape index (κ3) is 3.58. The van der Waals surface area contributed by atoms with Gasteiger partial charge in [0.25, 0.3) is 0 Å². The largest absolute Gasteiger partial charge is 0.383 e. The summed E-state index contributed by atoms with van der Waals surface area (Å²) >= 11 is 1.27. The molecular weight excluding hydrogens is 342 g/mol. The number of sulfonamides is 1. The lowest BCUT2D eigenvalue weighted by atomic mass is 10.1. The Morgan fingerprint density at radius 3 is 2.67 bits per heavy atom. The first kappa shape index (κ1) is 16.9. The van der Waals surface area contributed by atoms with E-state index in [2.05, 4.69) is 15.0 Å². The number of nitrogens with zero attached hydrogens (tertiary/aromatic N) is 1. The van der Waals surface area contributed by atoms with Crippen LogP contribution in [0.2, 0.25) is 0 Å². The first-order valence-electron chi connectivity index (χ1n) is 7.62. The Labute approximate surface area is 145 Å². The summed E-state index contributed by atoms with van der Waals surface area (Å²) in [7, 11) is -3.43. The summed E-state index contributed by atoms with van der Waals surface area (Å²) in [6.07, 6.45) is 1.76. The van der Waals surface area contributed by atoms with Crippen LogP contribution in [0.3, 0.4) is 0 Å². The smallest absolute Gasteiger partial charge is 0.250 e. The molecule has 7 heteroatoms. The first-order chi connectivity index (χ1) is 11.5. The monoisotopic (exact) mass is 361 g/mol. The van der Waals surface area contributed by atoms with Gasteiger partial charge in [0.2, 0.25) is 10.0 Å². The summed E-state index contributed by atoms with van der Waals surface area (Å²) in [5.41, 5.74) is 3.02. The van der Waals surface area contributed by atoms with E-state index in [9.17, 15) is 8.42 Å². The average Bonchev–Trinajstić information content (AvgIpc) is 3.00. The lowest BCUT2D eigenvalue weighted by molar-refractivity contribution is 0.585. The molecule has 0 bridgehead atoms. The van der Waals surface area contributed by atoms with Crippen molar-refractivity contribution in [3.05, 3.63) is 53.0 Å². The van der Waals surface area contributed by atoms with Crippen molar-refractivity contribution in [3.63, 3.8) is 0 Å². The molecule has 1 aromatic carbocycles. The third-order valence-corrected chi connectivity index (χ3v) is 6.64. The normalized spacial score (nSPS) is 11.8. The molecule has 2 N–H and O–H groups in total. The van der Waals surface area contributed by atoms with Crippen molar-refractivity contribution < 1.29 is 8.42 Å². The van der Waals surface area contributed by atoms with Crippen LogP contribution >= 0.6 is 11.3 Å². The van der Waals surface area contributed by atoms with Gasteiger partial charge in [-0.3, -0.25) is 4.98 Å². The average molecular weight is 361 g/mol. The zero-order valence-electron chi connectivity index (χ0n) is 13.5. The number of nitrogens with one attached hydrogen (secondary N) is 2. The van der Waals surface area contributed by atoms with Crippen molar-refractivity contribution in [1.29, 1.82) is 0 Å². The van der Waals surface area contributed by atoms with Gasteiger partial charge in [0.15, 0.2) is 0 Å². The van der Waals surface area contributed by atoms with E-state index in [1.165, 1.54) is 11.3 Å². The predicted molar refractivity (Wildman–Crippen MR) is 99.2 cm³/mol. The van der Waals surface area contributed by atoms with Crippen molar-refractivity contribution in [2.75, 3.05) is 18.4 Å². The highest BCUT2D eigenvalue weighted by atomic mass is 32.2. The van der Waals surface area contributed by atoms with E-state index in [1.807, 2.05) is 44.2 Å². The van der Waals surface area contributed by atoms with Crippen LogP contribution in [-0.4, -0.2) is 26.5 Å². The number of hydrogen-bond donors (Lipinski definition) is 2. The molecule has 0 spiro atoms. The van der Waals surface area contributed by atoms with Crippen molar-refractivity contribution >= 4 is 38.0 Å². The van der Waals surface area contributed by atoms with Crippen LogP contribution in [0.5, 0.6) is 0 Å². The maximum absolute atomic E-state index is 12.2. The lowest BCUT2D eigenvalue weighted by Gasteiger charge is -2.11. The molecule has 0 saturated carbocycles. The lowest BCUT2D eigenvalue weighted by Crippen LogP contribution is -2.28. The number of aryl methyl sites for hydroxylation is 2. The zero-order chi connectivity index (χ0) is 17.2. The van der Waals surface area contributed by atoms with Crippen LogP contribution in [0, 0.1) is 13.8 Å². The standard InChI is InChI=1S/C17H19N3O2S2/c1-12-4-3-5-14-15(8-9-19-17(12)14)18-10-11-20-24(21,22)16-7-6-13(2)23-16/h3-9,20H,10-11H2,1-2H3,(H,18,19). The van der Waals surface area contributed by atoms with Gasteiger partial charge in [-0.2, -0.15) is 0 Å². The fraction of sp³-hybridized carbons (Fsp3) is 0.235. The Kier molecular flexibility index (Phi) is 4.84. The number of hydrogen-bond acceptors (Lipinski definition) is 5.